The number of rotatable bonds is 4. The number of aromatic nitrogens is 3. The van der Waals surface area contributed by atoms with Gasteiger partial charge in [-0.3, -0.25) is 0 Å². The lowest BCUT2D eigenvalue weighted by Gasteiger charge is -2.20. The maximum Gasteiger partial charge on any atom is 0.249 e. The minimum Gasteiger partial charge on any atom is -0.355 e. The van der Waals surface area contributed by atoms with Crippen LogP contribution in [0.1, 0.15) is 38.2 Å². The fourth-order valence-corrected chi connectivity index (χ4v) is 2.75. The minimum atomic E-state index is 0.561. The molecule has 0 radical (unpaired) electrons. The Morgan fingerprint density at radius 1 is 1.05 bits per heavy atom. The molecular formula is C17H23N5. The molecule has 1 aromatic heterocycles. The van der Waals surface area contributed by atoms with E-state index in [9.17, 15) is 0 Å². The molecule has 1 aliphatic rings. The van der Waals surface area contributed by atoms with Crippen molar-refractivity contribution in [3.8, 4) is 0 Å². The van der Waals surface area contributed by atoms with Crippen molar-refractivity contribution >= 4 is 17.5 Å². The van der Waals surface area contributed by atoms with Gasteiger partial charge in [-0.15, -0.1) is 5.10 Å². The molecule has 0 unspecified atom stereocenters. The van der Waals surface area contributed by atoms with E-state index in [1.165, 1.54) is 31.2 Å². The van der Waals surface area contributed by atoms with Crippen molar-refractivity contribution in [2.75, 3.05) is 23.3 Å². The van der Waals surface area contributed by atoms with E-state index in [0.29, 0.717) is 5.95 Å². The van der Waals surface area contributed by atoms with Crippen LogP contribution in [-0.4, -0.2) is 28.3 Å². The molecule has 5 heteroatoms. The van der Waals surface area contributed by atoms with E-state index in [0.717, 1.165) is 31.0 Å². The maximum atomic E-state index is 4.62. The van der Waals surface area contributed by atoms with Crippen molar-refractivity contribution in [1.82, 2.24) is 15.2 Å². The lowest BCUT2D eigenvalue weighted by atomic mass is 10.1. The Morgan fingerprint density at radius 2 is 1.77 bits per heavy atom. The van der Waals surface area contributed by atoms with Gasteiger partial charge in [-0.2, -0.15) is 10.1 Å². The third-order valence-electron chi connectivity index (χ3n) is 4.09. The van der Waals surface area contributed by atoms with Crippen LogP contribution in [0.3, 0.4) is 0 Å². The number of aryl methyl sites for hydroxylation is 1. The van der Waals surface area contributed by atoms with Crippen LogP contribution in [-0.2, 0) is 6.42 Å². The van der Waals surface area contributed by atoms with E-state index in [-0.39, 0.29) is 0 Å². The zero-order chi connectivity index (χ0) is 15.2. The summed E-state index contributed by atoms with van der Waals surface area (Å²) >= 11 is 0. The first kappa shape index (κ1) is 14.8. The third-order valence-corrected chi connectivity index (χ3v) is 4.09. The average molecular weight is 297 g/mol. The molecule has 1 aromatic carbocycles. The number of hydrogen-bond acceptors (Lipinski definition) is 5. The molecule has 0 bridgehead atoms. The molecule has 5 nitrogen and oxygen atoms in total. The van der Waals surface area contributed by atoms with Crippen molar-refractivity contribution in [3.63, 3.8) is 0 Å². The normalized spacial score (nSPS) is 15.4. The van der Waals surface area contributed by atoms with Crippen molar-refractivity contribution in [2.45, 2.75) is 39.0 Å². The van der Waals surface area contributed by atoms with E-state index in [1.54, 1.807) is 6.20 Å². The van der Waals surface area contributed by atoms with E-state index in [2.05, 4.69) is 56.6 Å². The summed E-state index contributed by atoms with van der Waals surface area (Å²) < 4.78 is 0. The van der Waals surface area contributed by atoms with Crippen LogP contribution in [0.15, 0.2) is 30.5 Å². The standard InChI is InChI=1S/C17H23N5/c1-2-14-7-9-15(10-8-14)19-17-20-16(13-18-21-17)22-11-5-3-4-6-12-22/h7-10,13H,2-6,11-12H2,1H3,(H,19,20,21). The smallest absolute Gasteiger partial charge is 0.249 e. The quantitative estimate of drug-likeness (QED) is 0.935. The monoisotopic (exact) mass is 297 g/mol. The molecule has 1 aliphatic heterocycles. The fourth-order valence-electron chi connectivity index (χ4n) is 2.75. The van der Waals surface area contributed by atoms with Crippen molar-refractivity contribution < 1.29 is 0 Å². The Labute approximate surface area is 131 Å². The van der Waals surface area contributed by atoms with E-state index in [4.69, 9.17) is 0 Å². The highest BCUT2D eigenvalue weighted by Gasteiger charge is 2.12. The summed E-state index contributed by atoms with van der Waals surface area (Å²) in [5.41, 5.74) is 2.31. The minimum absolute atomic E-state index is 0.561. The maximum absolute atomic E-state index is 4.62. The summed E-state index contributed by atoms with van der Waals surface area (Å²) in [6.45, 7) is 4.27. The summed E-state index contributed by atoms with van der Waals surface area (Å²) in [6.07, 6.45) is 7.88. The van der Waals surface area contributed by atoms with Gasteiger partial charge in [0.1, 0.15) is 0 Å². The highest BCUT2D eigenvalue weighted by molar-refractivity contribution is 5.54. The highest BCUT2D eigenvalue weighted by Crippen LogP contribution is 2.19. The first-order chi connectivity index (χ1) is 10.8. The van der Waals surface area contributed by atoms with E-state index >= 15 is 0 Å². The molecule has 0 atom stereocenters. The molecule has 22 heavy (non-hydrogen) atoms. The molecule has 1 saturated heterocycles. The van der Waals surface area contributed by atoms with Gasteiger partial charge >= 0.3 is 0 Å². The fraction of sp³-hybridized carbons (Fsp3) is 0.471. The summed E-state index contributed by atoms with van der Waals surface area (Å²) in [5, 5.41) is 11.4. The van der Waals surface area contributed by atoms with Gasteiger partial charge in [0.05, 0.1) is 6.20 Å². The van der Waals surface area contributed by atoms with Gasteiger partial charge in [-0.05, 0) is 37.0 Å². The largest absolute Gasteiger partial charge is 0.355 e. The summed E-state index contributed by atoms with van der Waals surface area (Å²) in [7, 11) is 0. The van der Waals surface area contributed by atoms with Gasteiger partial charge in [0.2, 0.25) is 5.95 Å². The van der Waals surface area contributed by atoms with Gasteiger partial charge in [-0.25, -0.2) is 0 Å². The number of nitrogens with one attached hydrogen (secondary N) is 1. The number of nitrogens with zero attached hydrogens (tertiary/aromatic N) is 4. The van der Waals surface area contributed by atoms with Gasteiger partial charge in [0.15, 0.2) is 5.82 Å². The molecule has 116 valence electrons. The van der Waals surface area contributed by atoms with Crippen LogP contribution in [0.4, 0.5) is 17.5 Å². The zero-order valence-corrected chi connectivity index (χ0v) is 13.1. The van der Waals surface area contributed by atoms with E-state index in [1.807, 2.05) is 0 Å². The molecular weight excluding hydrogens is 274 g/mol. The van der Waals surface area contributed by atoms with Crippen LogP contribution in [0.5, 0.6) is 0 Å². The molecule has 0 amide bonds. The average Bonchev–Trinajstić information content (AvgIpc) is 2.85. The highest BCUT2D eigenvalue weighted by atomic mass is 15.3. The number of benzene rings is 1. The molecule has 1 fully saturated rings. The van der Waals surface area contributed by atoms with Gasteiger partial charge in [0, 0.05) is 18.8 Å². The topological polar surface area (TPSA) is 53.9 Å². The molecule has 0 aliphatic carbocycles. The molecule has 1 N–H and O–H groups in total. The SMILES string of the molecule is CCc1ccc(Nc2nncc(N3CCCCCC3)n2)cc1. The van der Waals surface area contributed by atoms with Crippen molar-refractivity contribution in [1.29, 1.82) is 0 Å². The Balaban J connectivity index is 1.72. The van der Waals surface area contributed by atoms with Crippen LogP contribution in [0, 0.1) is 0 Å². The Kier molecular flexibility index (Phi) is 4.83. The molecule has 0 spiro atoms. The predicted molar refractivity (Wildman–Crippen MR) is 89.6 cm³/mol. The second-order valence-corrected chi connectivity index (χ2v) is 5.71. The molecule has 0 saturated carbocycles. The number of anilines is 3. The Hall–Kier alpha value is -2.17. The van der Waals surface area contributed by atoms with Crippen LogP contribution in [0.25, 0.3) is 0 Å². The molecule has 2 heterocycles. The van der Waals surface area contributed by atoms with Gasteiger partial charge in [-0.1, -0.05) is 31.9 Å². The summed E-state index contributed by atoms with van der Waals surface area (Å²) in [4.78, 5) is 6.93. The lowest BCUT2D eigenvalue weighted by Crippen LogP contribution is -2.25. The number of hydrogen-bond donors (Lipinski definition) is 1. The first-order valence-corrected chi connectivity index (χ1v) is 8.16. The lowest BCUT2D eigenvalue weighted by molar-refractivity contribution is 0.726. The van der Waals surface area contributed by atoms with E-state index < -0.39 is 0 Å². The van der Waals surface area contributed by atoms with Crippen LogP contribution >= 0.6 is 0 Å². The second kappa shape index (κ2) is 7.20. The predicted octanol–water partition coefficient (Wildman–Crippen LogP) is 3.56. The summed E-state index contributed by atoms with van der Waals surface area (Å²) in [5.74, 6) is 1.48. The van der Waals surface area contributed by atoms with Gasteiger partial charge < -0.3 is 10.2 Å². The molecule has 3 rings (SSSR count). The van der Waals surface area contributed by atoms with Gasteiger partial charge in [0.25, 0.3) is 0 Å². The third kappa shape index (κ3) is 3.72. The van der Waals surface area contributed by atoms with Crippen LogP contribution in [0.2, 0.25) is 0 Å². The summed E-state index contributed by atoms with van der Waals surface area (Å²) in [6, 6.07) is 8.35. The van der Waals surface area contributed by atoms with Crippen molar-refractivity contribution in [3.05, 3.63) is 36.0 Å². The second-order valence-electron chi connectivity index (χ2n) is 5.71. The van der Waals surface area contributed by atoms with Crippen molar-refractivity contribution in [2.24, 2.45) is 0 Å². The molecule has 2 aromatic rings. The Morgan fingerprint density at radius 3 is 2.45 bits per heavy atom. The zero-order valence-electron chi connectivity index (χ0n) is 13.1. The first-order valence-electron chi connectivity index (χ1n) is 8.16. The van der Waals surface area contributed by atoms with Crippen LogP contribution < -0.4 is 10.2 Å². The Bertz CT molecular complexity index is 588.